The Morgan fingerprint density at radius 1 is 1.19 bits per heavy atom. The first-order valence-electron chi connectivity index (χ1n) is 8.52. The van der Waals surface area contributed by atoms with E-state index in [1.165, 1.54) is 10.6 Å². The van der Waals surface area contributed by atoms with Crippen LogP contribution in [0.3, 0.4) is 0 Å². The second-order valence-corrected chi connectivity index (χ2v) is 8.00. The normalized spacial score (nSPS) is 15.5. The van der Waals surface area contributed by atoms with E-state index in [0.29, 0.717) is 5.57 Å². The summed E-state index contributed by atoms with van der Waals surface area (Å²) in [5.74, 6) is 0. The lowest BCUT2D eigenvalue weighted by atomic mass is 10.2. The molecule has 0 unspecified atom stereocenters. The monoisotopic (exact) mass is 375 g/mol. The number of benzene rings is 2. The van der Waals surface area contributed by atoms with Crippen molar-refractivity contribution >= 4 is 44.6 Å². The van der Waals surface area contributed by atoms with Gasteiger partial charge >= 0.3 is 0 Å². The van der Waals surface area contributed by atoms with Gasteiger partial charge in [0, 0.05) is 11.4 Å². The van der Waals surface area contributed by atoms with E-state index >= 15 is 0 Å². The molecule has 1 aromatic heterocycles. The van der Waals surface area contributed by atoms with E-state index in [9.17, 15) is 5.26 Å². The topological polar surface area (TPSA) is 39.9 Å². The number of hydrogen-bond donors (Lipinski definition) is 0. The number of aromatic nitrogens is 1. The molecule has 0 saturated heterocycles. The minimum atomic E-state index is 0.603. The maximum atomic E-state index is 9.62. The Hall–Kier alpha value is -2.55. The molecule has 0 fully saturated rings. The van der Waals surface area contributed by atoms with E-state index in [0.717, 1.165) is 33.2 Å². The molecule has 0 N–H and O–H groups in total. The molecule has 26 heavy (non-hydrogen) atoms. The Bertz CT molecular complexity index is 1020. The fraction of sp³-hybridized carbons (Fsp3) is 0.143. The number of nitriles is 1. The van der Waals surface area contributed by atoms with Gasteiger partial charge < -0.3 is 4.90 Å². The Morgan fingerprint density at radius 3 is 2.81 bits per heavy atom. The predicted molar refractivity (Wildman–Crippen MR) is 111 cm³/mol. The van der Waals surface area contributed by atoms with Crippen LogP contribution in [-0.4, -0.2) is 11.5 Å². The molecule has 0 atom stereocenters. The van der Waals surface area contributed by atoms with Crippen molar-refractivity contribution < 1.29 is 0 Å². The number of para-hydroxylation sites is 2. The van der Waals surface area contributed by atoms with Gasteiger partial charge in [0.15, 0.2) is 0 Å². The number of allylic oxidation sites excluding steroid dienone is 3. The van der Waals surface area contributed by atoms with Crippen LogP contribution in [0.15, 0.2) is 70.6 Å². The largest absolute Gasteiger partial charge is 0.335 e. The Balaban J connectivity index is 1.69. The van der Waals surface area contributed by atoms with E-state index in [1.54, 1.807) is 23.1 Å². The second kappa shape index (κ2) is 7.36. The van der Waals surface area contributed by atoms with Crippen LogP contribution in [0.4, 0.5) is 5.69 Å². The minimum Gasteiger partial charge on any atom is -0.335 e. The standard InChI is InChI=1S/C21H17N3S2/c1-2-13-24-17-8-4-6-10-19(17)25-20(24)12-11-15(14-22)21-23-16-7-3-5-9-18(16)26-21/h3-12H,2,13H2,1H3/b15-11+,20-12-. The summed E-state index contributed by atoms with van der Waals surface area (Å²) in [6.07, 6.45) is 5.01. The van der Waals surface area contributed by atoms with Crippen molar-refractivity contribution in [1.29, 1.82) is 5.26 Å². The lowest BCUT2D eigenvalue weighted by molar-refractivity contribution is 0.873. The molecule has 5 heteroatoms. The van der Waals surface area contributed by atoms with Crippen molar-refractivity contribution in [2.45, 2.75) is 18.2 Å². The van der Waals surface area contributed by atoms with Gasteiger partial charge in [0.1, 0.15) is 11.1 Å². The smallest absolute Gasteiger partial charge is 0.135 e. The average molecular weight is 376 g/mol. The highest BCUT2D eigenvalue weighted by Gasteiger charge is 2.23. The molecule has 1 aliphatic heterocycles. The lowest BCUT2D eigenvalue weighted by Gasteiger charge is -2.19. The first-order chi connectivity index (χ1) is 12.8. The molecular formula is C21H17N3S2. The maximum absolute atomic E-state index is 9.62. The summed E-state index contributed by atoms with van der Waals surface area (Å²) in [5, 5.41) is 11.5. The number of hydrogen-bond acceptors (Lipinski definition) is 5. The van der Waals surface area contributed by atoms with Gasteiger partial charge in [-0.2, -0.15) is 5.26 Å². The van der Waals surface area contributed by atoms with Gasteiger partial charge in [0.25, 0.3) is 0 Å². The molecule has 1 aliphatic rings. The van der Waals surface area contributed by atoms with Crippen molar-refractivity contribution in [1.82, 2.24) is 4.98 Å². The Kier molecular flexibility index (Phi) is 4.79. The zero-order valence-corrected chi connectivity index (χ0v) is 16.0. The fourth-order valence-electron chi connectivity index (χ4n) is 2.93. The number of anilines is 1. The number of thioether (sulfide) groups is 1. The lowest BCUT2D eigenvalue weighted by Crippen LogP contribution is -2.18. The maximum Gasteiger partial charge on any atom is 0.135 e. The van der Waals surface area contributed by atoms with Gasteiger partial charge in [0.2, 0.25) is 0 Å². The van der Waals surface area contributed by atoms with Gasteiger partial charge in [-0.15, -0.1) is 11.3 Å². The van der Waals surface area contributed by atoms with E-state index < -0.39 is 0 Å². The minimum absolute atomic E-state index is 0.603. The molecule has 3 aromatic rings. The summed E-state index contributed by atoms with van der Waals surface area (Å²) in [7, 11) is 0. The number of thiazole rings is 1. The summed E-state index contributed by atoms with van der Waals surface area (Å²) in [4.78, 5) is 8.19. The highest BCUT2D eigenvalue weighted by atomic mass is 32.2. The van der Waals surface area contributed by atoms with E-state index in [4.69, 9.17) is 0 Å². The molecule has 2 heterocycles. The molecule has 0 radical (unpaired) electrons. The van der Waals surface area contributed by atoms with Crippen LogP contribution in [0.25, 0.3) is 15.8 Å². The summed E-state index contributed by atoms with van der Waals surface area (Å²) >= 11 is 3.31. The van der Waals surface area contributed by atoms with Crippen LogP contribution in [0.5, 0.6) is 0 Å². The first-order valence-corrected chi connectivity index (χ1v) is 10.2. The molecular weight excluding hydrogens is 358 g/mol. The van der Waals surface area contributed by atoms with Gasteiger partial charge in [-0.1, -0.05) is 43.0 Å². The molecule has 0 saturated carbocycles. The van der Waals surface area contributed by atoms with Gasteiger partial charge in [-0.3, -0.25) is 0 Å². The summed E-state index contributed by atoms with van der Waals surface area (Å²) < 4.78 is 1.10. The summed E-state index contributed by atoms with van der Waals surface area (Å²) in [5.41, 5.74) is 2.79. The molecule has 0 spiro atoms. The number of fused-ring (bicyclic) bond motifs is 2. The third kappa shape index (κ3) is 3.14. The van der Waals surface area contributed by atoms with E-state index in [1.807, 2.05) is 36.4 Å². The van der Waals surface area contributed by atoms with Crippen molar-refractivity contribution in [3.05, 3.63) is 70.7 Å². The molecule has 0 aliphatic carbocycles. The Morgan fingerprint density at radius 2 is 2.00 bits per heavy atom. The van der Waals surface area contributed by atoms with Crippen LogP contribution >= 0.6 is 23.1 Å². The SMILES string of the molecule is CCCN1/C(=C/C=C(\C#N)c2nc3ccccc3s2)Sc2ccccc21. The van der Waals surface area contributed by atoms with Crippen LogP contribution in [0, 0.1) is 11.3 Å². The first kappa shape index (κ1) is 16.9. The van der Waals surface area contributed by atoms with E-state index in [2.05, 4.69) is 47.1 Å². The highest BCUT2D eigenvalue weighted by molar-refractivity contribution is 8.03. The van der Waals surface area contributed by atoms with Crippen LogP contribution in [-0.2, 0) is 0 Å². The molecule has 0 amide bonds. The zero-order valence-electron chi connectivity index (χ0n) is 14.3. The third-order valence-electron chi connectivity index (χ3n) is 4.12. The summed E-state index contributed by atoms with van der Waals surface area (Å²) in [6, 6.07) is 18.7. The highest BCUT2D eigenvalue weighted by Crippen LogP contribution is 2.45. The second-order valence-electron chi connectivity index (χ2n) is 5.91. The molecule has 128 valence electrons. The van der Waals surface area contributed by atoms with Crippen LogP contribution in [0.2, 0.25) is 0 Å². The average Bonchev–Trinajstić information content (AvgIpc) is 3.24. The molecule has 4 rings (SSSR count). The summed E-state index contributed by atoms with van der Waals surface area (Å²) in [6.45, 7) is 3.15. The van der Waals surface area contributed by atoms with Crippen molar-refractivity contribution in [3.8, 4) is 6.07 Å². The van der Waals surface area contributed by atoms with Crippen molar-refractivity contribution in [2.75, 3.05) is 11.4 Å². The quantitative estimate of drug-likeness (QED) is 0.519. The molecule has 3 nitrogen and oxygen atoms in total. The third-order valence-corrected chi connectivity index (χ3v) is 6.32. The Labute approximate surface area is 161 Å². The fourth-order valence-corrected chi connectivity index (χ4v) is 4.96. The van der Waals surface area contributed by atoms with Crippen molar-refractivity contribution in [3.63, 3.8) is 0 Å². The van der Waals surface area contributed by atoms with Gasteiger partial charge in [-0.05, 0) is 42.8 Å². The van der Waals surface area contributed by atoms with Crippen LogP contribution in [0.1, 0.15) is 18.4 Å². The van der Waals surface area contributed by atoms with Crippen LogP contribution < -0.4 is 4.90 Å². The van der Waals surface area contributed by atoms with Crippen molar-refractivity contribution in [2.24, 2.45) is 0 Å². The number of rotatable bonds is 4. The molecule has 2 aromatic carbocycles. The van der Waals surface area contributed by atoms with E-state index in [-0.39, 0.29) is 0 Å². The number of nitrogens with zero attached hydrogens (tertiary/aromatic N) is 3. The molecule has 0 bridgehead atoms. The van der Waals surface area contributed by atoms with Gasteiger partial charge in [0.05, 0.1) is 26.5 Å². The predicted octanol–water partition coefficient (Wildman–Crippen LogP) is 6.07. The zero-order chi connectivity index (χ0) is 17.9. The van der Waals surface area contributed by atoms with Gasteiger partial charge in [-0.25, -0.2) is 4.98 Å².